The lowest BCUT2D eigenvalue weighted by atomic mass is 10.0. The second-order valence-electron chi connectivity index (χ2n) is 4.52. The highest BCUT2D eigenvalue weighted by atomic mass is 16.1. The van der Waals surface area contributed by atoms with Crippen LogP contribution >= 0.6 is 0 Å². The Bertz CT molecular complexity index is 376. The fraction of sp³-hybridized carbons (Fsp3) is 0.500. The summed E-state index contributed by atoms with van der Waals surface area (Å²) in [5.74, 6) is 0.0232. The maximum absolute atomic E-state index is 11.7. The number of benzene rings is 1. The van der Waals surface area contributed by atoms with E-state index in [1.807, 2.05) is 32.0 Å². The summed E-state index contributed by atoms with van der Waals surface area (Å²) < 4.78 is 0. The zero-order valence-corrected chi connectivity index (χ0v) is 10.9. The SMILES string of the molecule is CCC(N)CC(=O)N[C@@H](C)c1ccccc1C. The van der Waals surface area contributed by atoms with Gasteiger partial charge in [-0.15, -0.1) is 0 Å². The fourth-order valence-electron chi connectivity index (χ4n) is 1.83. The standard InChI is InChI=1S/C14H22N2O/c1-4-12(15)9-14(17)16-11(3)13-8-6-5-7-10(13)2/h5-8,11-12H,4,9,15H2,1-3H3,(H,16,17)/t11-,12?/m0/s1. The highest BCUT2D eigenvalue weighted by Gasteiger charge is 2.13. The second-order valence-corrected chi connectivity index (χ2v) is 4.52. The molecule has 0 radical (unpaired) electrons. The molecular formula is C14H22N2O. The van der Waals surface area contributed by atoms with Crippen LogP contribution in [0, 0.1) is 6.92 Å². The van der Waals surface area contributed by atoms with E-state index in [2.05, 4.69) is 18.3 Å². The van der Waals surface area contributed by atoms with Gasteiger partial charge in [0.2, 0.25) is 5.91 Å². The summed E-state index contributed by atoms with van der Waals surface area (Å²) in [6, 6.07) is 8.07. The van der Waals surface area contributed by atoms with Crippen molar-refractivity contribution >= 4 is 5.91 Å². The normalized spacial score (nSPS) is 14.1. The molecule has 0 aliphatic heterocycles. The summed E-state index contributed by atoms with van der Waals surface area (Å²) >= 11 is 0. The van der Waals surface area contributed by atoms with Gasteiger partial charge in [-0.2, -0.15) is 0 Å². The molecule has 0 aliphatic carbocycles. The van der Waals surface area contributed by atoms with Crippen LogP contribution in [0.15, 0.2) is 24.3 Å². The predicted octanol–water partition coefficient (Wildman–Crippen LogP) is 2.30. The van der Waals surface area contributed by atoms with Crippen molar-refractivity contribution in [2.45, 2.75) is 45.7 Å². The van der Waals surface area contributed by atoms with E-state index in [9.17, 15) is 4.79 Å². The van der Waals surface area contributed by atoms with Gasteiger partial charge in [0.05, 0.1) is 6.04 Å². The first-order valence-corrected chi connectivity index (χ1v) is 6.15. The van der Waals surface area contributed by atoms with Crippen LogP contribution in [0.2, 0.25) is 0 Å². The molecule has 1 aromatic carbocycles. The Morgan fingerprint density at radius 2 is 2.06 bits per heavy atom. The van der Waals surface area contributed by atoms with Gasteiger partial charge in [-0.25, -0.2) is 0 Å². The van der Waals surface area contributed by atoms with Crippen molar-refractivity contribution in [3.05, 3.63) is 35.4 Å². The summed E-state index contributed by atoms with van der Waals surface area (Å²) in [5.41, 5.74) is 8.11. The third-order valence-corrected chi connectivity index (χ3v) is 3.00. The third kappa shape index (κ3) is 4.19. The van der Waals surface area contributed by atoms with Gasteiger partial charge >= 0.3 is 0 Å². The lowest BCUT2D eigenvalue weighted by molar-refractivity contribution is -0.122. The molecule has 1 amide bonds. The van der Waals surface area contributed by atoms with Gasteiger partial charge < -0.3 is 11.1 Å². The van der Waals surface area contributed by atoms with Gasteiger partial charge in [0.15, 0.2) is 0 Å². The van der Waals surface area contributed by atoms with Crippen molar-refractivity contribution in [1.29, 1.82) is 0 Å². The Balaban J connectivity index is 2.58. The number of carbonyl (C=O) groups is 1. The Kier molecular flexibility index (Phi) is 5.16. The number of aryl methyl sites for hydroxylation is 1. The van der Waals surface area contributed by atoms with Crippen LogP contribution in [-0.2, 0) is 4.79 Å². The molecule has 3 heteroatoms. The number of rotatable bonds is 5. The van der Waals surface area contributed by atoms with Crippen LogP contribution in [0.25, 0.3) is 0 Å². The van der Waals surface area contributed by atoms with Crippen molar-refractivity contribution in [2.75, 3.05) is 0 Å². The first-order valence-electron chi connectivity index (χ1n) is 6.15. The van der Waals surface area contributed by atoms with Crippen molar-refractivity contribution in [1.82, 2.24) is 5.32 Å². The van der Waals surface area contributed by atoms with Crippen LogP contribution in [0.5, 0.6) is 0 Å². The van der Waals surface area contributed by atoms with E-state index in [0.29, 0.717) is 6.42 Å². The van der Waals surface area contributed by atoms with E-state index in [-0.39, 0.29) is 18.0 Å². The van der Waals surface area contributed by atoms with Crippen LogP contribution in [-0.4, -0.2) is 11.9 Å². The zero-order valence-electron chi connectivity index (χ0n) is 10.9. The van der Waals surface area contributed by atoms with Gasteiger partial charge in [-0.3, -0.25) is 4.79 Å². The minimum Gasteiger partial charge on any atom is -0.350 e. The topological polar surface area (TPSA) is 55.1 Å². The minimum absolute atomic E-state index is 0.0232. The molecule has 0 aromatic heterocycles. The molecule has 0 aliphatic rings. The molecular weight excluding hydrogens is 212 g/mol. The Morgan fingerprint density at radius 3 is 2.65 bits per heavy atom. The average molecular weight is 234 g/mol. The molecule has 0 spiro atoms. The number of amides is 1. The van der Waals surface area contributed by atoms with Crippen molar-refractivity contribution in [3.8, 4) is 0 Å². The van der Waals surface area contributed by atoms with Crippen LogP contribution in [0.3, 0.4) is 0 Å². The van der Waals surface area contributed by atoms with Gasteiger partial charge in [0, 0.05) is 12.5 Å². The smallest absolute Gasteiger partial charge is 0.222 e. The third-order valence-electron chi connectivity index (χ3n) is 3.00. The minimum atomic E-state index is -0.0425. The van der Waals surface area contributed by atoms with Crippen molar-refractivity contribution in [3.63, 3.8) is 0 Å². The molecule has 3 nitrogen and oxygen atoms in total. The summed E-state index contributed by atoms with van der Waals surface area (Å²) in [4.78, 5) is 11.7. The van der Waals surface area contributed by atoms with Crippen molar-refractivity contribution < 1.29 is 4.79 Å². The lowest BCUT2D eigenvalue weighted by Crippen LogP contribution is -2.33. The molecule has 0 heterocycles. The van der Waals surface area contributed by atoms with E-state index >= 15 is 0 Å². The maximum Gasteiger partial charge on any atom is 0.222 e. The molecule has 1 unspecified atom stereocenters. The molecule has 2 atom stereocenters. The average Bonchev–Trinajstić information content (AvgIpc) is 2.29. The fourth-order valence-corrected chi connectivity index (χ4v) is 1.83. The van der Waals surface area contributed by atoms with Crippen LogP contribution in [0.1, 0.15) is 43.9 Å². The summed E-state index contributed by atoms with van der Waals surface area (Å²) in [7, 11) is 0. The molecule has 1 rings (SSSR count). The van der Waals surface area contributed by atoms with Crippen LogP contribution in [0.4, 0.5) is 0 Å². The van der Waals surface area contributed by atoms with Gasteiger partial charge in [-0.05, 0) is 31.4 Å². The Hall–Kier alpha value is -1.35. The summed E-state index contributed by atoms with van der Waals surface area (Å²) in [6.45, 7) is 6.04. The largest absolute Gasteiger partial charge is 0.350 e. The lowest BCUT2D eigenvalue weighted by Gasteiger charge is -2.17. The van der Waals surface area contributed by atoms with Crippen LogP contribution < -0.4 is 11.1 Å². The van der Waals surface area contributed by atoms with Gasteiger partial charge in [0.1, 0.15) is 0 Å². The molecule has 0 fully saturated rings. The van der Waals surface area contributed by atoms with E-state index < -0.39 is 0 Å². The highest BCUT2D eigenvalue weighted by molar-refractivity contribution is 5.77. The highest BCUT2D eigenvalue weighted by Crippen LogP contribution is 2.16. The molecule has 3 N–H and O–H groups in total. The zero-order chi connectivity index (χ0) is 12.8. The van der Waals surface area contributed by atoms with Crippen molar-refractivity contribution in [2.24, 2.45) is 5.73 Å². The quantitative estimate of drug-likeness (QED) is 0.821. The number of hydrogen-bond acceptors (Lipinski definition) is 2. The van der Waals surface area contributed by atoms with E-state index in [0.717, 1.165) is 12.0 Å². The van der Waals surface area contributed by atoms with Gasteiger partial charge in [0.25, 0.3) is 0 Å². The second kappa shape index (κ2) is 6.40. The summed E-state index contributed by atoms with van der Waals surface area (Å²) in [5, 5.41) is 2.98. The first-order chi connectivity index (χ1) is 8.04. The summed E-state index contributed by atoms with van der Waals surface area (Å²) in [6.07, 6.45) is 1.22. The molecule has 1 aromatic rings. The molecule has 94 valence electrons. The maximum atomic E-state index is 11.7. The molecule has 0 saturated carbocycles. The Labute approximate surface area is 103 Å². The van der Waals surface area contributed by atoms with E-state index in [4.69, 9.17) is 5.73 Å². The predicted molar refractivity (Wildman–Crippen MR) is 70.6 cm³/mol. The van der Waals surface area contributed by atoms with Gasteiger partial charge in [-0.1, -0.05) is 31.2 Å². The number of carbonyl (C=O) groups excluding carboxylic acids is 1. The van der Waals surface area contributed by atoms with E-state index in [1.165, 1.54) is 5.56 Å². The number of nitrogens with one attached hydrogen (secondary N) is 1. The number of hydrogen-bond donors (Lipinski definition) is 2. The molecule has 17 heavy (non-hydrogen) atoms. The van der Waals surface area contributed by atoms with E-state index in [1.54, 1.807) is 0 Å². The number of nitrogens with two attached hydrogens (primary N) is 1. The monoisotopic (exact) mass is 234 g/mol. The Morgan fingerprint density at radius 1 is 1.41 bits per heavy atom. The first kappa shape index (κ1) is 13.7. The molecule has 0 bridgehead atoms. The molecule has 0 saturated heterocycles.